The zero-order valence-electron chi connectivity index (χ0n) is 8.57. The monoisotopic (exact) mass is 222 g/mol. The first-order valence-electron chi connectivity index (χ1n) is 5.46. The molecule has 2 nitrogen and oxygen atoms in total. The van der Waals surface area contributed by atoms with Gasteiger partial charge in [0.25, 0.3) is 0 Å². The lowest BCUT2D eigenvalue weighted by atomic mass is 10.2. The maximum atomic E-state index is 5.90. The Morgan fingerprint density at radius 1 is 1.20 bits per heavy atom. The van der Waals surface area contributed by atoms with Crippen LogP contribution in [0.2, 0.25) is 5.02 Å². The van der Waals surface area contributed by atoms with E-state index in [4.69, 9.17) is 17.3 Å². The number of nitrogens with two attached hydrogens (primary N) is 1. The van der Waals surface area contributed by atoms with Gasteiger partial charge in [-0.25, -0.2) is 0 Å². The summed E-state index contributed by atoms with van der Waals surface area (Å²) in [4.78, 5) is 2.49. The number of piperidine rings is 1. The summed E-state index contributed by atoms with van der Waals surface area (Å²) in [6.45, 7) is 3.39. The molecule has 3 heteroatoms. The van der Waals surface area contributed by atoms with Crippen molar-refractivity contribution in [3.63, 3.8) is 0 Å². The number of halogens is 1. The zero-order chi connectivity index (χ0) is 10.4. The van der Waals surface area contributed by atoms with Gasteiger partial charge in [0.15, 0.2) is 0 Å². The summed E-state index contributed by atoms with van der Waals surface area (Å²) < 4.78 is 0. The highest BCUT2D eigenvalue weighted by atomic mass is 35.5. The smallest absolute Gasteiger partial charge is 0.0406 e. The second-order valence-electron chi connectivity index (χ2n) is 4.73. The van der Waals surface area contributed by atoms with Crippen LogP contribution in [0.25, 0.3) is 0 Å². The molecule has 3 atom stereocenters. The first-order chi connectivity index (χ1) is 7.24. The van der Waals surface area contributed by atoms with Gasteiger partial charge in [0.05, 0.1) is 0 Å². The van der Waals surface area contributed by atoms with Crippen molar-refractivity contribution in [3.05, 3.63) is 34.9 Å². The van der Waals surface area contributed by atoms with E-state index in [9.17, 15) is 0 Å². The van der Waals surface area contributed by atoms with Crippen LogP contribution in [-0.2, 0) is 6.54 Å². The van der Waals surface area contributed by atoms with E-state index in [0.717, 1.165) is 23.4 Å². The van der Waals surface area contributed by atoms with Crippen molar-refractivity contribution in [2.45, 2.75) is 12.6 Å². The molecule has 0 amide bonds. The second kappa shape index (κ2) is 3.48. The molecule has 3 rings (SSSR count). The van der Waals surface area contributed by atoms with Gasteiger partial charge in [-0.05, 0) is 29.5 Å². The van der Waals surface area contributed by atoms with E-state index < -0.39 is 0 Å². The van der Waals surface area contributed by atoms with Crippen molar-refractivity contribution in [1.29, 1.82) is 0 Å². The Morgan fingerprint density at radius 3 is 2.40 bits per heavy atom. The Labute approximate surface area is 95.0 Å². The van der Waals surface area contributed by atoms with Crippen LogP contribution in [0, 0.1) is 11.8 Å². The summed E-state index contributed by atoms with van der Waals surface area (Å²) in [5, 5.41) is 0.810. The number of hydrogen-bond donors (Lipinski definition) is 1. The van der Waals surface area contributed by atoms with Gasteiger partial charge in [-0.2, -0.15) is 0 Å². The molecule has 1 saturated heterocycles. The maximum absolute atomic E-state index is 5.90. The summed E-state index contributed by atoms with van der Waals surface area (Å²) in [6, 6.07) is 8.61. The van der Waals surface area contributed by atoms with Gasteiger partial charge in [-0.15, -0.1) is 0 Å². The molecule has 1 saturated carbocycles. The minimum atomic E-state index is 0.492. The van der Waals surface area contributed by atoms with E-state index >= 15 is 0 Å². The Bertz CT molecular complexity index is 350. The van der Waals surface area contributed by atoms with Crippen LogP contribution in [0.1, 0.15) is 5.56 Å². The Hall–Kier alpha value is -0.570. The van der Waals surface area contributed by atoms with Gasteiger partial charge in [-0.1, -0.05) is 23.7 Å². The van der Waals surface area contributed by atoms with Crippen LogP contribution in [0.15, 0.2) is 24.3 Å². The normalized spacial score (nSPS) is 34.1. The van der Waals surface area contributed by atoms with Crippen molar-refractivity contribution in [2.75, 3.05) is 13.1 Å². The lowest BCUT2D eigenvalue weighted by Crippen LogP contribution is -2.27. The molecule has 1 aliphatic heterocycles. The summed E-state index contributed by atoms with van der Waals surface area (Å²) >= 11 is 5.85. The fourth-order valence-electron chi connectivity index (χ4n) is 2.64. The maximum Gasteiger partial charge on any atom is 0.0406 e. The third-order valence-corrected chi connectivity index (χ3v) is 3.91. The van der Waals surface area contributed by atoms with E-state index in [2.05, 4.69) is 17.0 Å². The molecule has 80 valence electrons. The molecule has 0 unspecified atom stereocenters. The van der Waals surface area contributed by atoms with E-state index in [0.29, 0.717) is 6.04 Å². The predicted molar refractivity (Wildman–Crippen MR) is 61.7 cm³/mol. The van der Waals surface area contributed by atoms with Crippen LogP contribution < -0.4 is 5.73 Å². The van der Waals surface area contributed by atoms with Gasteiger partial charge >= 0.3 is 0 Å². The molecular weight excluding hydrogens is 208 g/mol. The average Bonchev–Trinajstić information content (AvgIpc) is 2.66. The molecule has 1 aliphatic carbocycles. The minimum absolute atomic E-state index is 0.492. The first-order valence-corrected chi connectivity index (χ1v) is 5.84. The highest BCUT2D eigenvalue weighted by Crippen LogP contribution is 2.44. The average molecular weight is 223 g/mol. The molecule has 2 N–H and O–H groups in total. The molecule has 0 bridgehead atoms. The topological polar surface area (TPSA) is 29.3 Å². The van der Waals surface area contributed by atoms with Crippen LogP contribution in [0.4, 0.5) is 0 Å². The Kier molecular flexibility index (Phi) is 2.23. The Morgan fingerprint density at radius 2 is 1.80 bits per heavy atom. The van der Waals surface area contributed by atoms with E-state index in [1.165, 1.54) is 18.7 Å². The van der Waals surface area contributed by atoms with Crippen molar-refractivity contribution in [2.24, 2.45) is 17.6 Å². The van der Waals surface area contributed by atoms with E-state index in [1.54, 1.807) is 0 Å². The summed E-state index contributed by atoms with van der Waals surface area (Å²) in [5.41, 5.74) is 7.25. The second-order valence-corrected chi connectivity index (χ2v) is 5.16. The molecule has 1 heterocycles. The fourth-order valence-corrected chi connectivity index (χ4v) is 2.76. The molecule has 15 heavy (non-hydrogen) atoms. The van der Waals surface area contributed by atoms with Gasteiger partial charge in [0.2, 0.25) is 0 Å². The number of hydrogen-bond acceptors (Lipinski definition) is 2. The number of benzene rings is 1. The van der Waals surface area contributed by atoms with E-state index in [1.807, 2.05) is 12.1 Å². The zero-order valence-corrected chi connectivity index (χ0v) is 9.32. The standard InChI is InChI=1S/C12H15ClN2/c13-9-3-1-8(2-4-9)5-15-6-10-11(7-15)12(10)14/h1-4,10-12H,5-7,14H2/t10-,11+,12+. The third kappa shape index (κ3) is 1.78. The number of rotatable bonds is 2. The van der Waals surface area contributed by atoms with Gasteiger partial charge in [-0.3, -0.25) is 4.90 Å². The van der Waals surface area contributed by atoms with Crippen molar-refractivity contribution >= 4 is 11.6 Å². The van der Waals surface area contributed by atoms with Crippen LogP contribution in [0.3, 0.4) is 0 Å². The van der Waals surface area contributed by atoms with Crippen LogP contribution in [-0.4, -0.2) is 24.0 Å². The highest BCUT2D eigenvalue weighted by Gasteiger charge is 2.53. The van der Waals surface area contributed by atoms with Crippen molar-refractivity contribution in [3.8, 4) is 0 Å². The fraction of sp³-hybridized carbons (Fsp3) is 0.500. The lowest BCUT2D eigenvalue weighted by molar-refractivity contribution is 0.290. The molecule has 2 aliphatic rings. The van der Waals surface area contributed by atoms with Crippen LogP contribution in [0.5, 0.6) is 0 Å². The molecule has 1 aromatic carbocycles. The van der Waals surface area contributed by atoms with Gasteiger partial charge < -0.3 is 5.73 Å². The predicted octanol–water partition coefficient (Wildman–Crippen LogP) is 1.73. The molecule has 0 aromatic heterocycles. The summed E-state index contributed by atoms with van der Waals surface area (Å²) in [6.07, 6.45) is 0. The molecule has 1 aromatic rings. The van der Waals surface area contributed by atoms with Crippen molar-refractivity contribution < 1.29 is 0 Å². The van der Waals surface area contributed by atoms with Gasteiger partial charge in [0, 0.05) is 30.7 Å². The van der Waals surface area contributed by atoms with Crippen molar-refractivity contribution in [1.82, 2.24) is 4.90 Å². The largest absolute Gasteiger partial charge is 0.327 e. The Balaban J connectivity index is 1.60. The number of fused-ring (bicyclic) bond motifs is 1. The molecule has 2 fully saturated rings. The first kappa shape index (κ1) is 9.64. The SMILES string of the molecule is N[C@@H]1[C@H]2CN(Cc3ccc(Cl)cc3)C[C@@H]12. The minimum Gasteiger partial charge on any atom is -0.327 e. The van der Waals surface area contributed by atoms with Gasteiger partial charge in [0.1, 0.15) is 0 Å². The summed E-state index contributed by atoms with van der Waals surface area (Å²) in [7, 11) is 0. The van der Waals surface area contributed by atoms with Crippen LogP contribution >= 0.6 is 11.6 Å². The summed E-state index contributed by atoms with van der Waals surface area (Å²) in [5.74, 6) is 1.55. The lowest BCUT2D eigenvalue weighted by Gasteiger charge is -2.18. The number of likely N-dealkylation sites (tertiary alicyclic amines) is 1. The van der Waals surface area contributed by atoms with E-state index in [-0.39, 0.29) is 0 Å². The highest BCUT2D eigenvalue weighted by molar-refractivity contribution is 6.30. The molecule has 0 radical (unpaired) electrons. The molecular formula is C12H15ClN2. The molecule has 0 spiro atoms. The number of nitrogens with zero attached hydrogens (tertiary/aromatic N) is 1. The third-order valence-electron chi connectivity index (χ3n) is 3.66. The quantitative estimate of drug-likeness (QED) is 0.826.